The van der Waals surface area contributed by atoms with E-state index >= 15 is 0 Å². The maximum absolute atomic E-state index is 12.5. The Balaban J connectivity index is 0.00000242. The molecule has 0 aromatic heterocycles. The van der Waals surface area contributed by atoms with Gasteiger partial charge in [0.15, 0.2) is 0 Å². The quantitative estimate of drug-likeness (QED) is 0.512. The summed E-state index contributed by atoms with van der Waals surface area (Å²) in [4.78, 5) is 10.6. The van der Waals surface area contributed by atoms with Crippen molar-refractivity contribution in [3.63, 3.8) is 0 Å². The van der Waals surface area contributed by atoms with Crippen molar-refractivity contribution in [1.82, 2.24) is 0 Å². The summed E-state index contributed by atoms with van der Waals surface area (Å²) in [6.07, 6.45) is -0.449. The van der Waals surface area contributed by atoms with Crippen LogP contribution in [-0.4, -0.2) is 14.4 Å². The molecule has 0 unspecified atom stereocenters. The summed E-state index contributed by atoms with van der Waals surface area (Å²) >= 11 is 5.73. The van der Waals surface area contributed by atoms with Gasteiger partial charge in [-0.25, -0.2) is 8.42 Å². The van der Waals surface area contributed by atoms with E-state index in [0.717, 1.165) is 0 Å². The van der Waals surface area contributed by atoms with Gasteiger partial charge in [0, 0.05) is 17.4 Å². The molecule has 22 heavy (non-hydrogen) atoms. The number of anilines is 1. The van der Waals surface area contributed by atoms with Crippen LogP contribution in [0, 0.1) is 0 Å². The molecule has 8 heteroatoms. The number of carboxylic acids is 1. The molecule has 0 amide bonds. The molecule has 2 aromatic carbocycles. The van der Waals surface area contributed by atoms with Crippen LogP contribution in [0.1, 0.15) is 5.56 Å². The van der Waals surface area contributed by atoms with Crippen molar-refractivity contribution in [2.24, 2.45) is 0 Å². The fourth-order valence-electron chi connectivity index (χ4n) is 1.87. The molecule has 0 fully saturated rings. The molecule has 0 saturated heterocycles. The topological polar surface area (TPSA) is 100 Å². The van der Waals surface area contributed by atoms with Crippen LogP contribution >= 0.6 is 11.6 Å². The van der Waals surface area contributed by atoms with E-state index in [1.54, 1.807) is 0 Å². The van der Waals surface area contributed by atoms with Gasteiger partial charge in [-0.1, -0.05) is 23.7 Å². The van der Waals surface area contributed by atoms with Crippen molar-refractivity contribution < 1.29 is 47.9 Å². The zero-order valence-corrected chi connectivity index (χ0v) is 15.3. The number of hydrogen-bond donors (Lipinski definition) is 1. The van der Waals surface area contributed by atoms with E-state index in [9.17, 15) is 18.3 Å². The van der Waals surface area contributed by atoms with Crippen LogP contribution in [0.2, 0.25) is 5.02 Å². The average Bonchev–Trinajstić information content (AvgIpc) is 2.41. The molecule has 0 heterocycles. The second-order valence-electron chi connectivity index (χ2n) is 4.34. The van der Waals surface area contributed by atoms with Gasteiger partial charge >= 0.3 is 29.6 Å². The fourth-order valence-corrected chi connectivity index (χ4v) is 3.43. The molecule has 2 N–H and O–H groups in total. The molecule has 2 rings (SSSR count). The normalized spacial score (nSPS) is 10.8. The van der Waals surface area contributed by atoms with Crippen molar-refractivity contribution in [2.45, 2.75) is 16.2 Å². The number of carboxylic acid groups (broad SMARTS) is 1. The van der Waals surface area contributed by atoms with Crippen molar-refractivity contribution in [1.29, 1.82) is 0 Å². The molecule has 0 spiro atoms. The van der Waals surface area contributed by atoms with Crippen molar-refractivity contribution in [2.75, 3.05) is 5.73 Å². The van der Waals surface area contributed by atoms with Crippen LogP contribution in [0.3, 0.4) is 0 Å². The number of benzene rings is 2. The first-order chi connectivity index (χ1) is 9.82. The van der Waals surface area contributed by atoms with E-state index in [-0.39, 0.29) is 50.6 Å². The van der Waals surface area contributed by atoms with Crippen molar-refractivity contribution >= 4 is 33.1 Å². The molecule has 0 aliphatic heterocycles. The molecule has 110 valence electrons. The minimum atomic E-state index is -3.84. The first kappa shape index (κ1) is 19.0. The first-order valence-corrected chi connectivity index (χ1v) is 7.76. The molecule has 0 bridgehead atoms. The van der Waals surface area contributed by atoms with Crippen molar-refractivity contribution in [3.05, 3.63) is 53.1 Å². The Hall–Kier alpha value is -1.05. The Morgan fingerprint density at radius 2 is 1.73 bits per heavy atom. The summed E-state index contributed by atoms with van der Waals surface area (Å²) in [5.74, 6) is -1.33. The largest absolute Gasteiger partial charge is 1.00 e. The number of rotatable bonds is 4. The summed E-state index contributed by atoms with van der Waals surface area (Å²) in [5.41, 5.74) is 5.90. The zero-order valence-electron chi connectivity index (χ0n) is 11.7. The van der Waals surface area contributed by atoms with Crippen LogP contribution in [0.15, 0.2) is 52.3 Å². The number of para-hydroxylation sites is 1. The van der Waals surface area contributed by atoms with Crippen LogP contribution in [-0.2, 0) is 21.1 Å². The molecule has 0 aliphatic carbocycles. The Labute approximate surface area is 155 Å². The van der Waals surface area contributed by atoms with Gasteiger partial charge in [-0.15, -0.1) is 0 Å². The number of sulfone groups is 1. The smallest absolute Gasteiger partial charge is 0.550 e. The Morgan fingerprint density at radius 1 is 1.14 bits per heavy atom. The average molecular weight is 348 g/mol. The van der Waals surface area contributed by atoms with E-state index in [0.29, 0.717) is 5.02 Å². The van der Waals surface area contributed by atoms with Gasteiger partial charge in [0.2, 0.25) is 9.84 Å². The summed E-state index contributed by atoms with van der Waals surface area (Å²) in [7, 11) is -3.84. The van der Waals surface area contributed by atoms with E-state index in [2.05, 4.69) is 0 Å². The molecular formula is C14H11ClNNaO4S. The standard InChI is InChI=1S/C14H12ClNO4S.Na/c15-10-4-6-11(7-5-10)21(19,20)12-3-1-2-9(14(12)16)8-13(17)18;/h1-7H,8,16H2,(H,17,18);/q;+1/p-1. The van der Waals surface area contributed by atoms with E-state index < -0.39 is 22.2 Å². The third-order valence-electron chi connectivity index (χ3n) is 2.90. The monoisotopic (exact) mass is 347 g/mol. The van der Waals surface area contributed by atoms with E-state index in [4.69, 9.17) is 17.3 Å². The van der Waals surface area contributed by atoms with Crippen LogP contribution in [0.5, 0.6) is 0 Å². The minimum absolute atomic E-state index is 0. The molecule has 2 aromatic rings. The number of nitrogens with two attached hydrogens (primary N) is 1. The molecule has 0 saturated carbocycles. The van der Waals surface area contributed by atoms with Gasteiger partial charge in [0.1, 0.15) is 0 Å². The third kappa shape index (κ3) is 4.02. The van der Waals surface area contributed by atoms with Gasteiger partial charge in [-0.3, -0.25) is 0 Å². The van der Waals surface area contributed by atoms with E-state index in [1.165, 1.54) is 42.5 Å². The summed E-state index contributed by atoms with van der Waals surface area (Å²) < 4.78 is 25.0. The molecule has 0 aliphatic rings. The van der Waals surface area contributed by atoms with Crippen LogP contribution in [0.4, 0.5) is 5.69 Å². The first-order valence-electron chi connectivity index (χ1n) is 5.90. The van der Waals surface area contributed by atoms with E-state index in [1.807, 2.05) is 0 Å². The molecular weight excluding hydrogens is 337 g/mol. The second-order valence-corrected chi connectivity index (χ2v) is 6.69. The minimum Gasteiger partial charge on any atom is -0.550 e. The number of carbonyl (C=O) groups excluding carboxylic acids is 1. The number of halogens is 1. The Kier molecular flexibility index (Phi) is 6.46. The van der Waals surface area contributed by atoms with Gasteiger partial charge in [-0.05, 0) is 35.9 Å². The second kappa shape index (κ2) is 7.48. The predicted octanol–water partition coefficient (Wildman–Crippen LogP) is -1.95. The van der Waals surface area contributed by atoms with Gasteiger partial charge < -0.3 is 15.6 Å². The number of carbonyl (C=O) groups is 1. The van der Waals surface area contributed by atoms with Gasteiger partial charge in [0.25, 0.3) is 0 Å². The van der Waals surface area contributed by atoms with Crippen LogP contribution in [0.25, 0.3) is 0 Å². The van der Waals surface area contributed by atoms with Crippen molar-refractivity contribution in [3.8, 4) is 0 Å². The number of hydrogen-bond acceptors (Lipinski definition) is 5. The SMILES string of the molecule is Nc1c(CC(=O)[O-])cccc1S(=O)(=O)c1ccc(Cl)cc1.[Na+]. The van der Waals surface area contributed by atoms with Gasteiger partial charge in [0.05, 0.1) is 15.5 Å². The fraction of sp³-hybridized carbons (Fsp3) is 0.0714. The molecule has 0 atom stereocenters. The third-order valence-corrected chi connectivity index (χ3v) is 4.98. The maximum Gasteiger partial charge on any atom is 1.00 e. The van der Waals surface area contributed by atoms with Gasteiger partial charge in [-0.2, -0.15) is 0 Å². The Morgan fingerprint density at radius 3 is 2.27 bits per heavy atom. The Bertz CT molecular complexity index is 791. The summed E-state index contributed by atoms with van der Waals surface area (Å²) in [5, 5.41) is 11.1. The summed E-state index contributed by atoms with van der Waals surface area (Å²) in [6.45, 7) is 0. The maximum atomic E-state index is 12.5. The summed E-state index contributed by atoms with van der Waals surface area (Å²) in [6, 6.07) is 9.86. The zero-order chi connectivity index (χ0) is 15.6. The molecule has 5 nitrogen and oxygen atoms in total. The number of aliphatic carboxylic acids is 1. The number of nitrogen functional groups attached to an aromatic ring is 1. The molecule has 0 radical (unpaired) electrons. The van der Waals surface area contributed by atoms with Crippen LogP contribution < -0.4 is 40.4 Å². The predicted molar refractivity (Wildman–Crippen MR) is 76.5 cm³/mol.